The molecule has 8 nitrogen and oxygen atoms in total. The lowest BCUT2D eigenvalue weighted by Crippen LogP contribution is -2.52. The van der Waals surface area contributed by atoms with Gasteiger partial charge >= 0.3 is 0 Å². The lowest BCUT2D eigenvalue weighted by Gasteiger charge is -2.41. The van der Waals surface area contributed by atoms with E-state index < -0.39 is 10.0 Å². The number of sulfonamides is 1. The zero-order valence-corrected chi connectivity index (χ0v) is 17.4. The first-order valence-electron chi connectivity index (χ1n) is 10.0. The molecule has 2 aliphatic rings. The molecule has 4 rings (SSSR count). The first kappa shape index (κ1) is 20.0. The van der Waals surface area contributed by atoms with Gasteiger partial charge in [-0.2, -0.15) is 9.57 Å². The molecule has 1 aliphatic heterocycles. The van der Waals surface area contributed by atoms with E-state index in [-0.39, 0.29) is 0 Å². The minimum absolute atomic E-state index is 0.340. The van der Waals surface area contributed by atoms with Crippen LogP contribution >= 0.6 is 0 Å². The van der Waals surface area contributed by atoms with Gasteiger partial charge in [0.2, 0.25) is 10.0 Å². The second-order valence-corrected chi connectivity index (χ2v) is 9.90. The zero-order chi connectivity index (χ0) is 20.4. The van der Waals surface area contributed by atoms with Crippen molar-refractivity contribution in [2.45, 2.75) is 37.8 Å². The van der Waals surface area contributed by atoms with Gasteiger partial charge in [-0.25, -0.2) is 18.4 Å². The third kappa shape index (κ3) is 4.50. The number of nitriles is 1. The molecule has 2 fully saturated rings. The number of piperazine rings is 1. The summed E-state index contributed by atoms with van der Waals surface area (Å²) in [5, 5.41) is 13.6. The number of anilines is 1. The van der Waals surface area contributed by atoms with E-state index in [0.717, 1.165) is 55.5 Å². The molecule has 1 aromatic carbocycles. The van der Waals surface area contributed by atoms with Crippen LogP contribution in [0.1, 0.15) is 31.2 Å². The molecule has 29 heavy (non-hydrogen) atoms. The SMILES string of the molecule is CS(=O)(=O)N1CCN([C@H]2CC[C@H](Nc3ncnc4ccc(C#N)cc34)CC2)CC1. The minimum Gasteiger partial charge on any atom is -0.367 e. The Balaban J connectivity index is 1.35. The summed E-state index contributed by atoms with van der Waals surface area (Å²) in [6, 6.07) is 8.50. The Morgan fingerprint density at radius 1 is 1.10 bits per heavy atom. The number of nitrogens with zero attached hydrogens (tertiary/aromatic N) is 5. The van der Waals surface area contributed by atoms with E-state index in [2.05, 4.69) is 26.3 Å². The highest BCUT2D eigenvalue weighted by Crippen LogP contribution is 2.28. The highest BCUT2D eigenvalue weighted by molar-refractivity contribution is 7.88. The Labute approximate surface area is 171 Å². The van der Waals surface area contributed by atoms with Crippen molar-refractivity contribution in [2.24, 2.45) is 0 Å². The van der Waals surface area contributed by atoms with E-state index in [1.807, 2.05) is 12.1 Å². The molecule has 2 aromatic rings. The summed E-state index contributed by atoms with van der Waals surface area (Å²) < 4.78 is 25.0. The molecular formula is C20H26N6O2S. The van der Waals surface area contributed by atoms with E-state index in [0.29, 0.717) is 30.7 Å². The molecule has 0 bridgehead atoms. The van der Waals surface area contributed by atoms with E-state index in [9.17, 15) is 13.7 Å². The maximum absolute atomic E-state index is 11.7. The lowest BCUT2D eigenvalue weighted by molar-refractivity contribution is 0.109. The largest absolute Gasteiger partial charge is 0.367 e. The number of hydrogen-bond acceptors (Lipinski definition) is 7. The summed E-state index contributed by atoms with van der Waals surface area (Å²) in [5.41, 5.74) is 1.44. The minimum atomic E-state index is -3.08. The van der Waals surface area contributed by atoms with Gasteiger partial charge in [0.05, 0.1) is 23.4 Å². The second kappa shape index (κ2) is 8.22. The Morgan fingerprint density at radius 3 is 2.48 bits per heavy atom. The van der Waals surface area contributed by atoms with Gasteiger partial charge in [-0.1, -0.05) is 0 Å². The standard InChI is InChI=1S/C20H26N6O2S/c1-29(27,28)26-10-8-25(9-11-26)17-5-3-16(4-6-17)24-20-18-12-15(13-21)2-7-19(18)22-14-23-20/h2,7,12,14,16-17H,3-6,8-11H2,1H3,(H,22,23,24)/t16-,17-. The third-order valence-corrected chi connectivity index (χ3v) is 7.36. The Bertz CT molecular complexity index is 1020. The van der Waals surface area contributed by atoms with Crippen LogP contribution in [0.4, 0.5) is 5.82 Å². The van der Waals surface area contributed by atoms with Crippen LogP contribution in [0.25, 0.3) is 10.9 Å². The highest BCUT2D eigenvalue weighted by atomic mass is 32.2. The van der Waals surface area contributed by atoms with E-state index in [1.165, 1.54) is 6.26 Å². The maximum Gasteiger partial charge on any atom is 0.211 e. The van der Waals surface area contributed by atoms with Crippen molar-refractivity contribution >= 4 is 26.7 Å². The van der Waals surface area contributed by atoms with Gasteiger partial charge in [-0.15, -0.1) is 0 Å². The van der Waals surface area contributed by atoms with Crippen LogP contribution in [0.5, 0.6) is 0 Å². The van der Waals surface area contributed by atoms with Crippen LogP contribution in [0.15, 0.2) is 24.5 Å². The Hall–Kier alpha value is -2.28. The first-order valence-corrected chi connectivity index (χ1v) is 11.9. The molecule has 1 saturated heterocycles. The topological polar surface area (TPSA) is 102 Å². The van der Waals surface area contributed by atoms with Crippen LogP contribution < -0.4 is 5.32 Å². The molecule has 0 atom stereocenters. The van der Waals surface area contributed by atoms with Gasteiger partial charge in [-0.05, 0) is 43.9 Å². The number of benzene rings is 1. The van der Waals surface area contributed by atoms with Crippen LogP contribution in [0.3, 0.4) is 0 Å². The van der Waals surface area contributed by atoms with Gasteiger partial charge in [0.1, 0.15) is 12.1 Å². The molecule has 0 amide bonds. The van der Waals surface area contributed by atoms with Gasteiger partial charge in [0.25, 0.3) is 0 Å². The van der Waals surface area contributed by atoms with Gasteiger partial charge in [-0.3, -0.25) is 4.90 Å². The van der Waals surface area contributed by atoms with Crippen LogP contribution in [0.2, 0.25) is 0 Å². The Kier molecular flexibility index (Phi) is 5.67. The summed E-state index contributed by atoms with van der Waals surface area (Å²) in [6.07, 6.45) is 7.10. The van der Waals surface area contributed by atoms with E-state index in [4.69, 9.17) is 0 Å². The average Bonchev–Trinajstić information content (AvgIpc) is 2.74. The van der Waals surface area contributed by atoms with E-state index >= 15 is 0 Å². The van der Waals surface area contributed by atoms with Crippen molar-refractivity contribution in [3.05, 3.63) is 30.1 Å². The number of aromatic nitrogens is 2. The molecule has 1 saturated carbocycles. The summed E-state index contributed by atoms with van der Waals surface area (Å²) in [5.74, 6) is 0.789. The molecule has 2 heterocycles. The predicted molar refractivity (Wildman–Crippen MR) is 112 cm³/mol. The fourth-order valence-electron chi connectivity index (χ4n) is 4.42. The van der Waals surface area contributed by atoms with Crippen molar-refractivity contribution in [1.29, 1.82) is 5.26 Å². The van der Waals surface area contributed by atoms with Gasteiger partial charge in [0, 0.05) is 43.6 Å². The van der Waals surface area contributed by atoms with Crippen molar-refractivity contribution in [2.75, 3.05) is 37.8 Å². The number of nitrogens with one attached hydrogen (secondary N) is 1. The number of fused-ring (bicyclic) bond motifs is 1. The van der Waals surface area contributed by atoms with Crippen molar-refractivity contribution in [3.63, 3.8) is 0 Å². The smallest absolute Gasteiger partial charge is 0.211 e. The van der Waals surface area contributed by atoms with Crippen molar-refractivity contribution < 1.29 is 8.42 Å². The molecule has 1 aliphatic carbocycles. The quantitative estimate of drug-likeness (QED) is 0.814. The molecule has 0 radical (unpaired) electrons. The molecule has 0 unspecified atom stereocenters. The summed E-state index contributed by atoms with van der Waals surface area (Å²) in [7, 11) is -3.08. The molecular weight excluding hydrogens is 388 g/mol. The molecule has 9 heteroatoms. The average molecular weight is 415 g/mol. The van der Waals surface area contributed by atoms with Crippen LogP contribution in [-0.4, -0.2) is 72.1 Å². The summed E-state index contributed by atoms with van der Waals surface area (Å²) in [4.78, 5) is 11.1. The lowest BCUT2D eigenvalue weighted by atomic mass is 9.89. The number of rotatable bonds is 4. The first-order chi connectivity index (χ1) is 13.9. The Morgan fingerprint density at radius 2 is 1.83 bits per heavy atom. The van der Waals surface area contributed by atoms with Gasteiger partial charge in [0.15, 0.2) is 0 Å². The highest BCUT2D eigenvalue weighted by Gasteiger charge is 2.30. The van der Waals surface area contributed by atoms with E-state index in [1.54, 1.807) is 16.7 Å². The predicted octanol–water partition coefficient (Wildman–Crippen LogP) is 1.80. The van der Waals surface area contributed by atoms with Crippen molar-refractivity contribution in [3.8, 4) is 6.07 Å². The molecule has 1 N–H and O–H groups in total. The van der Waals surface area contributed by atoms with Gasteiger partial charge < -0.3 is 5.32 Å². The second-order valence-electron chi connectivity index (χ2n) is 7.91. The fraction of sp³-hybridized carbons (Fsp3) is 0.550. The maximum atomic E-state index is 11.7. The molecule has 154 valence electrons. The normalized spacial score (nSPS) is 24.3. The van der Waals surface area contributed by atoms with Crippen molar-refractivity contribution in [1.82, 2.24) is 19.2 Å². The van der Waals surface area contributed by atoms with Crippen LogP contribution in [-0.2, 0) is 10.0 Å². The fourth-order valence-corrected chi connectivity index (χ4v) is 5.25. The van der Waals surface area contributed by atoms with Crippen LogP contribution in [0, 0.1) is 11.3 Å². The molecule has 1 aromatic heterocycles. The summed E-state index contributed by atoms with van der Waals surface area (Å²) in [6.45, 7) is 2.79. The number of hydrogen-bond donors (Lipinski definition) is 1. The third-order valence-electron chi connectivity index (χ3n) is 6.06. The summed E-state index contributed by atoms with van der Waals surface area (Å²) >= 11 is 0. The molecule has 0 spiro atoms. The zero-order valence-electron chi connectivity index (χ0n) is 16.6. The monoisotopic (exact) mass is 414 g/mol.